The second kappa shape index (κ2) is 17.6. The minimum Gasteiger partial charge on any atom is -0.303 e. The first-order valence-electron chi connectivity index (χ1n) is 9.29. The molecule has 0 spiro atoms. The fourth-order valence-electron chi connectivity index (χ4n) is 2.36. The Hall–Kier alpha value is -1.71. The molecular weight excluding hydrogens is 302 g/mol. The van der Waals surface area contributed by atoms with Crippen LogP contribution >= 0.6 is 0 Å². The fourth-order valence-corrected chi connectivity index (χ4v) is 2.36. The van der Waals surface area contributed by atoms with E-state index in [2.05, 4.69) is 25.2 Å². The standard InChI is InChI=1S/C20H33NO3/c1-2-3-14-17-20(21(23)24)18-15-12-10-8-6-4-5-7-9-11-13-16-19-22/h4,6,10,12,18-19H,2-3,5,7-9,11,13-17H2,1H3/b6-4-,12-10-,20-18+. The van der Waals surface area contributed by atoms with Crippen LogP contribution in [0.5, 0.6) is 0 Å². The molecule has 0 aromatic heterocycles. The highest BCUT2D eigenvalue weighted by Crippen LogP contribution is 2.11. The van der Waals surface area contributed by atoms with Crippen molar-refractivity contribution >= 4 is 6.29 Å². The second-order valence-corrected chi connectivity index (χ2v) is 5.98. The molecule has 0 aliphatic carbocycles. The molecule has 0 saturated carbocycles. The van der Waals surface area contributed by atoms with Crippen LogP contribution in [0.4, 0.5) is 0 Å². The lowest BCUT2D eigenvalue weighted by atomic mass is 10.1. The summed E-state index contributed by atoms with van der Waals surface area (Å²) in [6, 6.07) is 0. The van der Waals surface area contributed by atoms with Crippen LogP contribution in [0.25, 0.3) is 0 Å². The molecule has 4 heteroatoms. The van der Waals surface area contributed by atoms with Crippen LogP contribution in [0.15, 0.2) is 36.1 Å². The molecule has 0 aliphatic heterocycles. The van der Waals surface area contributed by atoms with E-state index < -0.39 is 0 Å². The number of nitro groups is 1. The Morgan fingerprint density at radius 3 is 2.21 bits per heavy atom. The third-order valence-corrected chi connectivity index (χ3v) is 3.81. The van der Waals surface area contributed by atoms with Gasteiger partial charge in [-0.15, -0.1) is 0 Å². The van der Waals surface area contributed by atoms with Gasteiger partial charge in [0.05, 0.1) is 4.92 Å². The zero-order chi connectivity index (χ0) is 17.9. The molecule has 0 aromatic rings. The molecule has 4 nitrogen and oxygen atoms in total. The van der Waals surface area contributed by atoms with Gasteiger partial charge in [-0.3, -0.25) is 10.1 Å². The van der Waals surface area contributed by atoms with E-state index in [-0.39, 0.29) is 4.92 Å². The summed E-state index contributed by atoms with van der Waals surface area (Å²) in [7, 11) is 0. The Morgan fingerprint density at radius 2 is 1.54 bits per heavy atom. The lowest BCUT2D eigenvalue weighted by Gasteiger charge is -1.97. The van der Waals surface area contributed by atoms with E-state index in [9.17, 15) is 14.9 Å². The fraction of sp³-hybridized carbons (Fsp3) is 0.650. The quantitative estimate of drug-likeness (QED) is 0.112. The number of carbonyl (C=O) groups is 1. The zero-order valence-corrected chi connectivity index (χ0v) is 15.1. The van der Waals surface area contributed by atoms with Crippen LogP contribution in [-0.2, 0) is 4.79 Å². The summed E-state index contributed by atoms with van der Waals surface area (Å²) in [4.78, 5) is 20.8. The maximum absolute atomic E-state index is 10.9. The Morgan fingerprint density at radius 1 is 0.875 bits per heavy atom. The van der Waals surface area contributed by atoms with E-state index in [0.29, 0.717) is 25.0 Å². The van der Waals surface area contributed by atoms with Crippen molar-refractivity contribution in [2.24, 2.45) is 0 Å². The van der Waals surface area contributed by atoms with Crippen molar-refractivity contribution in [2.45, 2.75) is 84.0 Å². The van der Waals surface area contributed by atoms with Gasteiger partial charge in [-0.1, -0.05) is 56.9 Å². The smallest absolute Gasteiger partial charge is 0.242 e. The van der Waals surface area contributed by atoms with Gasteiger partial charge in [-0.2, -0.15) is 0 Å². The third kappa shape index (κ3) is 15.2. The summed E-state index contributed by atoms with van der Waals surface area (Å²) in [6.07, 6.45) is 22.5. The number of nitrogens with zero attached hydrogens (tertiary/aromatic N) is 1. The molecule has 0 aliphatic rings. The molecule has 0 N–H and O–H groups in total. The summed E-state index contributed by atoms with van der Waals surface area (Å²) >= 11 is 0. The minimum atomic E-state index is -0.251. The van der Waals surface area contributed by atoms with Crippen LogP contribution in [-0.4, -0.2) is 11.2 Å². The molecular formula is C20H33NO3. The number of carbonyl (C=O) groups excluding carboxylic acids is 1. The van der Waals surface area contributed by atoms with Gasteiger partial charge in [0.2, 0.25) is 5.70 Å². The van der Waals surface area contributed by atoms with E-state index in [0.717, 1.165) is 51.2 Å². The van der Waals surface area contributed by atoms with Crippen LogP contribution < -0.4 is 0 Å². The maximum atomic E-state index is 10.9. The number of allylic oxidation sites excluding steroid dienone is 6. The number of unbranched alkanes of at least 4 members (excludes halogenated alkanes) is 7. The Labute approximate surface area is 146 Å². The number of hydrogen-bond acceptors (Lipinski definition) is 3. The average molecular weight is 335 g/mol. The molecule has 0 rings (SSSR count). The van der Waals surface area contributed by atoms with Crippen molar-refractivity contribution in [3.8, 4) is 0 Å². The molecule has 0 aromatic carbocycles. The Kier molecular flexibility index (Phi) is 16.4. The minimum absolute atomic E-state index is 0.251. The monoisotopic (exact) mass is 335 g/mol. The maximum Gasteiger partial charge on any atom is 0.242 e. The molecule has 0 atom stereocenters. The van der Waals surface area contributed by atoms with Crippen molar-refractivity contribution in [1.29, 1.82) is 0 Å². The van der Waals surface area contributed by atoms with Crippen molar-refractivity contribution in [3.05, 3.63) is 46.2 Å². The summed E-state index contributed by atoms with van der Waals surface area (Å²) < 4.78 is 0. The van der Waals surface area contributed by atoms with Crippen LogP contribution in [0.3, 0.4) is 0 Å². The summed E-state index contributed by atoms with van der Waals surface area (Å²) in [6.45, 7) is 2.10. The lowest BCUT2D eigenvalue weighted by Crippen LogP contribution is -1.98. The van der Waals surface area contributed by atoms with E-state index >= 15 is 0 Å². The van der Waals surface area contributed by atoms with Gasteiger partial charge in [-0.25, -0.2) is 0 Å². The van der Waals surface area contributed by atoms with Gasteiger partial charge < -0.3 is 4.79 Å². The van der Waals surface area contributed by atoms with Crippen molar-refractivity contribution in [2.75, 3.05) is 0 Å². The molecule has 24 heavy (non-hydrogen) atoms. The van der Waals surface area contributed by atoms with E-state index in [4.69, 9.17) is 0 Å². The Bertz CT molecular complexity index is 411. The number of hydrogen-bond donors (Lipinski definition) is 0. The highest BCUT2D eigenvalue weighted by atomic mass is 16.6. The van der Waals surface area contributed by atoms with Crippen LogP contribution in [0.2, 0.25) is 0 Å². The number of aldehydes is 1. The van der Waals surface area contributed by atoms with Crippen molar-refractivity contribution in [3.63, 3.8) is 0 Å². The molecule has 0 heterocycles. The molecule has 136 valence electrons. The molecule has 0 bridgehead atoms. The first-order valence-corrected chi connectivity index (χ1v) is 9.29. The number of rotatable bonds is 16. The molecule has 0 radical (unpaired) electrons. The third-order valence-electron chi connectivity index (χ3n) is 3.81. The van der Waals surface area contributed by atoms with Gasteiger partial charge >= 0.3 is 0 Å². The normalized spacial score (nSPS) is 12.3. The highest BCUT2D eigenvalue weighted by molar-refractivity contribution is 5.48. The van der Waals surface area contributed by atoms with Gasteiger partial charge in [0, 0.05) is 12.8 Å². The van der Waals surface area contributed by atoms with Crippen molar-refractivity contribution < 1.29 is 9.72 Å². The molecule has 0 fully saturated rings. The zero-order valence-electron chi connectivity index (χ0n) is 15.1. The van der Waals surface area contributed by atoms with Crippen LogP contribution in [0, 0.1) is 10.1 Å². The molecule has 0 saturated heterocycles. The largest absolute Gasteiger partial charge is 0.303 e. The SMILES string of the molecule is CCCCC/C(=C\C/C=C\C/C=C\CCCCCCC=O)[N+](=O)[O-]. The predicted octanol–water partition coefficient (Wildman–Crippen LogP) is 6.16. The topological polar surface area (TPSA) is 60.2 Å². The first kappa shape index (κ1) is 22.3. The summed E-state index contributed by atoms with van der Waals surface area (Å²) in [5.74, 6) is 0. The Balaban J connectivity index is 3.74. The molecule has 0 amide bonds. The first-order chi connectivity index (χ1) is 11.7. The van der Waals surface area contributed by atoms with Gasteiger partial charge in [0.25, 0.3) is 0 Å². The van der Waals surface area contributed by atoms with Crippen LogP contribution in [0.1, 0.15) is 84.0 Å². The lowest BCUT2D eigenvalue weighted by molar-refractivity contribution is -0.428. The summed E-state index contributed by atoms with van der Waals surface area (Å²) in [5, 5.41) is 10.9. The predicted molar refractivity (Wildman–Crippen MR) is 100 cm³/mol. The molecule has 0 unspecified atom stereocenters. The summed E-state index contributed by atoms with van der Waals surface area (Å²) in [5.41, 5.74) is 0.346. The highest BCUT2D eigenvalue weighted by Gasteiger charge is 2.08. The van der Waals surface area contributed by atoms with Gasteiger partial charge in [0.15, 0.2) is 0 Å². The van der Waals surface area contributed by atoms with E-state index in [1.165, 1.54) is 12.8 Å². The van der Waals surface area contributed by atoms with Gasteiger partial charge in [-0.05, 0) is 44.6 Å². The van der Waals surface area contributed by atoms with Gasteiger partial charge in [0.1, 0.15) is 6.29 Å². The van der Waals surface area contributed by atoms with E-state index in [1.54, 1.807) is 6.08 Å². The van der Waals surface area contributed by atoms with E-state index in [1.807, 2.05) is 6.08 Å². The average Bonchev–Trinajstić information content (AvgIpc) is 2.57. The van der Waals surface area contributed by atoms with Crippen molar-refractivity contribution in [1.82, 2.24) is 0 Å². The second-order valence-electron chi connectivity index (χ2n) is 5.98.